The molecular formula is C18H17F3N4O3. The van der Waals surface area contributed by atoms with Crippen LogP contribution in [0.25, 0.3) is 0 Å². The number of rotatable bonds is 4. The lowest BCUT2D eigenvalue weighted by atomic mass is 9.83. The predicted octanol–water partition coefficient (Wildman–Crippen LogP) is 3.44. The van der Waals surface area contributed by atoms with E-state index in [1.807, 2.05) is 25.0 Å². The number of nitrogens with one attached hydrogen (secondary N) is 1. The van der Waals surface area contributed by atoms with Crippen molar-refractivity contribution in [2.45, 2.75) is 32.0 Å². The number of alkyl halides is 3. The monoisotopic (exact) mass is 394 g/mol. The minimum absolute atomic E-state index is 0.134. The molecule has 0 fully saturated rings. The van der Waals surface area contributed by atoms with Crippen molar-refractivity contribution in [3.05, 3.63) is 46.5 Å². The molecule has 0 saturated carbocycles. The van der Waals surface area contributed by atoms with Crippen LogP contribution in [0.3, 0.4) is 0 Å². The standard InChI is InChI=1S/C18H17F3N4O3/c1-8(2)27-11-5-4-9(6-12(11)26-3)13-10(7-22)16(23)28-17-14(13)15(24-25-17)18(19,20)21/h4-6,8,13H,23H2,1-3H3,(H,24,25)/t13-/m0/s1. The Labute approximate surface area is 158 Å². The van der Waals surface area contributed by atoms with Gasteiger partial charge in [0.15, 0.2) is 11.5 Å². The quantitative estimate of drug-likeness (QED) is 0.823. The van der Waals surface area contributed by atoms with Gasteiger partial charge in [0.05, 0.1) is 24.7 Å². The molecule has 0 saturated heterocycles. The van der Waals surface area contributed by atoms with Crippen LogP contribution in [-0.4, -0.2) is 23.4 Å². The molecule has 3 rings (SSSR count). The van der Waals surface area contributed by atoms with Gasteiger partial charge in [0.2, 0.25) is 11.8 Å². The largest absolute Gasteiger partial charge is 0.493 e. The highest BCUT2D eigenvalue weighted by Crippen LogP contribution is 2.48. The van der Waals surface area contributed by atoms with Crippen molar-refractivity contribution in [2.75, 3.05) is 7.11 Å². The maximum atomic E-state index is 13.5. The van der Waals surface area contributed by atoms with E-state index in [2.05, 4.69) is 5.10 Å². The van der Waals surface area contributed by atoms with Gasteiger partial charge in [0.1, 0.15) is 17.3 Å². The third-order valence-electron chi connectivity index (χ3n) is 4.11. The topological polar surface area (TPSA) is 106 Å². The number of hydrogen-bond donors (Lipinski definition) is 2. The van der Waals surface area contributed by atoms with Crippen molar-refractivity contribution in [1.82, 2.24) is 10.2 Å². The number of H-pyrrole nitrogens is 1. The summed E-state index contributed by atoms with van der Waals surface area (Å²) in [5, 5.41) is 15.0. The highest BCUT2D eigenvalue weighted by Gasteiger charge is 2.44. The van der Waals surface area contributed by atoms with Crippen LogP contribution in [0.5, 0.6) is 17.4 Å². The zero-order valence-electron chi connectivity index (χ0n) is 15.2. The molecule has 0 bridgehead atoms. The van der Waals surface area contributed by atoms with Gasteiger partial charge in [-0.2, -0.15) is 18.4 Å². The van der Waals surface area contributed by atoms with Crippen molar-refractivity contribution >= 4 is 0 Å². The van der Waals surface area contributed by atoms with Gasteiger partial charge >= 0.3 is 6.18 Å². The average Bonchev–Trinajstić information content (AvgIpc) is 3.04. The van der Waals surface area contributed by atoms with E-state index in [1.165, 1.54) is 13.2 Å². The Balaban J connectivity index is 2.20. The smallest absolute Gasteiger partial charge is 0.433 e. The van der Waals surface area contributed by atoms with Gasteiger partial charge < -0.3 is 19.9 Å². The minimum atomic E-state index is -4.72. The Hall–Kier alpha value is -3.35. The molecule has 0 unspecified atom stereocenters. The van der Waals surface area contributed by atoms with Gasteiger partial charge in [-0.05, 0) is 31.5 Å². The van der Waals surface area contributed by atoms with Crippen LogP contribution in [0.4, 0.5) is 13.2 Å². The van der Waals surface area contributed by atoms with Crippen molar-refractivity contribution in [2.24, 2.45) is 5.73 Å². The van der Waals surface area contributed by atoms with Crippen LogP contribution in [0, 0.1) is 11.3 Å². The van der Waals surface area contributed by atoms with Crippen LogP contribution < -0.4 is 19.9 Å². The molecular weight excluding hydrogens is 377 g/mol. The molecule has 0 amide bonds. The second-order valence-corrected chi connectivity index (χ2v) is 6.32. The summed E-state index contributed by atoms with van der Waals surface area (Å²) in [6, 6.07) is 6.48. The van der Waals surface area contributed by atoms with Crippen LogP contribution in [0.2, 0.25) is 0 Å². The molecule has 2 aromatic rings. The van der Waals surface area contributed by atoms with Gasteiger partial charge in [0, 0.05) is 0 Å². The van der Waals surface area contributed by atoms with Gasteiger partial charge in [-0.15, -0.1) is 5.10 Å². The Morgan fingerprint density at radius 1 is 1.32 bits per heavy atom. The fraction of sp³-hybridized carbons (Fsp3) is 0.333. The van der Waals surface area contributed by atoms with E-state index in [0.717, 1.165) is 0 Å². The lowest BCUT2D eigenvalue weighted by Crippen LogP contribution is -2.23. The molecule has 0 radical (unpaired) electrons. The summed E-state index contributed by atoms with van der Waals surface area (Å²) in [6.45, 7) is 3.66. The molecule has 1 aromatic heterocycles. The van der Waals surface area contributed by atoms with E-state index in [1.54, 1.807) is 12.1 Å². The summed E-state index contributed by atoms with van der Waals surface area (Å²) in [4.78, 5) is 0. The van der Waals surface area contributed by atoms with E-state index in [9.17, 15) is 18.4 Å². The third-order valence-corrected chi connectivity index (χ3v) is 4.11. The van der Waals surface area contributed by atoms with E-state index in [4.69, 9.17) is 19.9 Å². The number of methoxy groups -OCH3 is 1. The van der Waals surface area contributed by atoms with E-state index in [0.29, 0.717) is 17.1 Å². The Kier molecular flexibility index (Phi) is 4.85. The fourth-order valence-electron chi connectivity index (χ4n) is 3.01. The number of ether oxygens (including phenoxy) is 3. The first kappa shape index (κ1) is 19.4. The van der Waals surface area contributed by atoms with Gasteiger partial charge in [-0.3, -0.25) is 5.10 Å². The number of halogens is 3. The van der Waals surface area contributed by atoms with E-state index < -0.39 is 17.8 Å². The summed E-state index contributed by atoms with van der Waals surface area (Å²) in [7, 11) is 1.41. The number of nitrogens with two attached hydrogens (primary N) is 1. The first-order valence-electron chi connectivity index (χ1n) is 8.25. The molecule has 10 heteroatoms. The molecule has 2 heterocycles. The highest BCUT2D eigenvalue weighted by atomic mass is 19.4. The van der Waals surface area contributed by atoms with Crippen molar-refractivity contribution in [3.63, 3.8) is 0 Å². The molecule has 0 aliphatic carbocycles. The summed E-state index contributed by atoms with van der Waals surface area (Å²) < 4.78 is 56.5. The first-order valence-corrected chi connectivity index (χ1v) is 8.25. The second-order valence-electron chi connectivity index (χ2n) is 6.32. The number of fused-ring (bicyclic) bond motifs is 1. The number of allylic oxidation sites excluding steroid dienone is 1. The number of benzene rings is 1. The Morgan fingerprint density at radius 2 is 2.04 bits per heavy atom. The molecule has 7 nitrogen and oxygen atoms in total. The van der Waals surface area contributed by atoms with Crippen molar-refractivity contribution < 1.29 is 27.4 Å². The molecule has 28 heavy (non-hydrogen) atoms. The van der Waals surface area contributed by atoms with E-state index >= 15 is 0 Å². The lowest BCUT2D eigenvalue weighted by Gasteiger charge is -2.25. The van der Waals surface area contributed by atoms with E-state index in [-0.39, 0.29) is 29.0 Å². The molecule has 148 valence electrons. The molecule has 1 aliphatic heterocycles. The third kappa shape index (κ3) is 3.31. The maximum Gasteiger partial charge on any atom is 0.433 e. The number of nitrogens with zero attached hydrogens (tertiary/aromatic N) is 2. The zero-order chi connectivity index (χ0) is 20.6. The van der Waals surface area contributed by atoms with Gasteiger partial charge in [-0.25, -0.2) is 0 Å². The normalized spacial score (nSPS) is 16.4. The summed E-state index contributed by atoms with van der Waals surface area (Å²) in [6.07, 6.45) is -4.86. The SMILES string of the molecule is COc1cc([C@H]2C(C#N)=C(N)Oc3n[nH]c(C(F)(F)F)c32)ccc1OC(C)C. The van der Waals surface area contributed by atoms with Crippen molar-refractivity contribution in [1.29, 1.82) is 5.26 Å². The maximum absolute atomic E-state index is 13.5. The van der Waals surface area contributed by atoms with Crippen LogP contribution >= 0.6 is 0 Å². The molecule has 3 N–H and O–H groups in total. The number of aromatic nitrogens is 2. The Morgan fingerprint density at radius 3 is 2.61 bits per heavy atom. The average molecular weight is 394 g/mol. The summed E-state index contributed by atoms with van der Waals surface area (Å²) in [5.41, 5.74) is 4.55. The molecule has 1 aromatic carbocycles. The molecule has 1 aliphatic rings. The molecule has 0 spiro atoms. The highest BCUT2D eigenvalue weighted by molar-refractivity contribution is 5.58. The van der Waals surface area contributed by atoms with Crippen LogP contribution in [0.1, 0.15) is 36.6 Å². The number of nitriles is 1. The summed E-state index contributed by atoms with van der Waals surface area (Å²) >= 11 is 0. The minimum Gasteiger partial charge on any atom is -0.493 e. The molecule has 1 atom stereocenters. The summed E-state index contributed by atoms with van der Waals surface area (Å²) in [5.74, 6) is -1.03. The number of aromatic amines is 1. The second kappa shape index (κ2) is 6.99. The van der Waals surface area contributed by atoms with Crippen LogP contribution in [0.15, 0.2) is 29.7 Å². The predicted molar refractivity (Wildman–Crippen MR) is 91.6 cm³/mol. The van der Waals surface area contributed by atoms with Crippen molar-refractivity contribution in [3.8, 4) is 23.4 Å². The number of hydrogen-bond acceptors (Lipinski definition) is 6. The fourth-order valence-corrected chi connectivity index (χ4v) is 3.01. The zero-order valence-corrected chi connectivity index (χ0v) is 15.2. The first-order chi connectivity index (χ1) is 13.2. The lowest BCUT2D eigenvalue weighted by molar-refractivity contribution is -0.141. The van der Waals surface area contributed by atoms with Gasteiger partial charge in [-0.1, -0.05) is 6.07 Å². The van der Waals surface area contributed by atoms with Crippen LogP contribution in [-0.2, 0) is 6.18 Å². The van der Waals surface area contributed by atoms with Gasteiger partial charge in [0.25, 0.3) is 0 Å². The Bertz CT molecular complexity index is 973.